The van der Waals surface area contributed by atoms with E-state index in [1.807, 2.05) is 0 Å². The van der Waals surface area contributed by atoms with Crippen molar-refractivity contribution in [3.63, 3.8) is 0 Å². The number of ether oxygens (including phenoxy) is 2. The van der Waals surface area contributed by atoms with Crippen LogP contribution in [0.25, 0.3) is 0 Å². The molecular weight excluding hydrogens is 493 g/mol. The number of sulfonamides is 1. The molecule has 35 heavy (non-hydrogen) atoms. The Morgan fingerprint density at radius 2 is 2.06 bits per heavy atom. The molecule has 2 N–H and O–H groups in total. The summed E-state index contributed by atoms with van der Waals surface area (Å²) in [5, 5.41) is 2.38. The van der Waals surface area contributed by atoms with Gasteiger partial charge in [0.1, 0.15) is 10.7 Å². The van der Waals surface area contributed by atoms with Crippen LogP contribution in [0.2, 0.25) is 0 Å². The van der Waals surface area contributed by atoms with Crippen LogP contribution in [0.3, 0.4) is 0 Å². The van der Waals surface area contributed by atoms with Crippen LogP contribution >= 0.6 is 0 Å². The van der Waals surface area contributed by atoms with Gasteiger partial charge in [0.2, 0.25) is 10.0 Å². The summed E-state index contributed by atoms with van der Waals surface area (Å²) in [4.78, 5) is 26.2. The normalized spacial score (nSPS) is 20.9. The van der Waals surface area contributed by atoms with Gasteiger partial charge < -0.3 is 24.3 Å². The van der Waals surface area contributed by atoms with Gasteiger partial charge in [-0.3, -0.25) is 4.79 Å². The molecule has 0 radical (unpaired) electrons. The van der Waals surface area contributed by atoms with E-state index in [1.54, 1.807) is 6.92 Å². The summed E-state index contributed by atoms with van der Waals surface area (Å²) in [5.41, 5.74) is -1.16. The van der Waals surface area contributed by atoms with Crippen molar-refractivity contribution >= 4 is 27.7 Å². The molecule has 4 rings (SSSR count). The van der Waals surface area contributed by atoms with Gasteiger partial charge in [-0.1, -0.05) is 0 Å². The number of alkyl halides is 2. The zero-order chi connectivity index (χ0) is 25.5. The second-order valence-electron chi connectivity index (χ2n) is 8.18. The maximum atomic E-state index is 13.6. The van der Waals surface area contributed by atoms with Crippen LogP contribution < -0.4 is 14.8 Å². The van der Waals surface area contributed by atoms with E-state index in [9.17, 15) is 31.2 Å². The molecule has 2 aliphatic heterocycles. The van der Waals surface area contributed by atoms with E-state index < -0.39 is 51.8 Å². The average molecular weight is 516 g/mol. The number of likely N-dealkylation sites (tertiary alicyclic amines) is 1. The molecule has 0 saturated carbocycles. The van der Waals surface area contributed by atoms with Gasteiger partial charge in [-0.2, -0.15) is 0 Å². The minimum Gasteiger partial charge on any atom is -0.489 e. The van der Waals surface area contributed by atoms with E-state index in [0.29, 0.717) is 0 Å². The van der Waals surface area contributed by atoms with Crippen LogP contribution in [-0.2, 0) is 21.8 Å². The third-order valence-corrected chi connectivity index (χ3v) is 7.29. The first-order valence-corrected chi connectivity index (χ1v) is 12.1. The number of fused-ring (bicyclic) bond motifs is 2. The lowest BCUT2D eigenvalue weighted by molar-refractivity contribution is 0.101. The number of halogens is 3. The van der Waals surface area contributed by atoms with Crippen molar-refractivity contribution in [3.8, 4) is 5.75 Å². The minimum absolute atomic E-state index is 0.00748. The molecule has 2 aromatic rings. The number of hydrogen-bond donors (Lipinski definition) is 2. The number of anilines is 1. The number of carbonyl (C=O) groups excluding carboxylic acids is 2. The van der Waals surface area contributed by atoms with Crippen LogP contribution in [-0.4, -0.2) is 62.2 Å². The highest BCUT2D eigenvalue weighted by atomic mass is 32.2. The summed E-state index contributed by atoms with van der Waals surface area (Å²) in [6, 6.07) is 2.09. The largest absolute Gasteiger partial charge is 0.489 e. The lowest BCUT2D eigenvalue weighted by Crippen LogP contribution is -2.43. The van der Waals surface area contributed by atoms with E-state index in [4.69, 9.17) is 9.47 Å². The maximum Gasteiger partial charge on any atom is 0.409 e. The number of hydrogen-bond acceptors (Lipinski definition) is 6. The average Bonchev–Trinajstić information content (AvgIpc) is 3.33. The highest BCUT2D eigenvalue weighted by Gasteiger charge is 2.42. The van der Waals surface area contributed by atoms with Crippen LogP contribution in [0.4, 0.5) is 23.7 Å². The van der Waals surface area contributed by atoms with Crippen molar-refractivity contribution in [2.45, 2.75) is 24.3 Å². The summed E-state index contributed by atoms with van der Waals surface area (Å²) < 4.78 is 80.4. The third-order valence-electron chi connectivity index (χ3n) is 5.81. The molecule has 190 valence electrons. The van der Waals surface area contributed by atoms with Crippen LogP contribution in [0.5, 0.6) is 5.75 Å². The number of amides is 2. The fourth-order valence-electron chi connectivity index (χ4n) is 4.14. The zero-order valence-electron chi connectivity index (χ0n) is 18.8. The summed E-state index contributed by atoms with van der Waals surface area (Å²) in [7, 11) is -2.72. The summed E-state index contributed by atoms with van der Waals surface area (Å²) in [6.45, 7) is 2.10. The molecule has 0 bridgehead atoms. The van der Waals surface area contributed by atoms with E-state index in [2.05, 4.69) is 10.0 Å². The zero-order valence-corrected chi connectivity index (χ0v) is 19.6. The minimum atomic E-state index is -4.15. The number of nitrogens with zero attached hydrogens (tertiary/aromatic N) is 2. The molecule has 2 aliphatic rings. The molecular formula is C21H23F3N4O6S. The van der Waals surface area contributed by atoms with Crippen LogP contribution in [0, 0.1) is 11.7 Å². The molecule has 0 unspecified atom stereocenters. The van der Waals surface area contributed by atoms with Crippen molar-refractivity contribution < 1.29 is 40.7 Å². The van der Waals surface area contributed by atoms with Crippen molar-refractivity contribution in [1.82, 2.24) is 14.2 Å². The van der Waals surface area contributed by atoms with Gasteiger partial charge in [0.15, 0.2) is 11.4 Å². The second kappa shape index (κ2) is 9.41. The Morgan fingerprint density at radius 3 is 2.74 bits per heavy atom. The molecule has 1 aromatic carbocycles. The van der Waals surface area contributed by atoms with Gasteiger partial charge in [0.05, 0.1) is 18.8 Å². The van der Waals surface area contributed by atoms with Crippen molar-refractivity contribution in [2.75, 3.05) is 31.6 Å². The molecule has 1 fully saturated rings. The van der Waals surface area contributed by atoms with Crippen LogP contribution in [0.1, 0.15) is 29.4 Å². The number of carbonyl (C=O) groups is 2. The smallest absolute Gasteiger partial charge is 0.409 e. The molecule has 0 spiro atoms. The van der Waals surface area contributed by atoms with E-state index >= 15 is 0 Å². The van der Waals surface area contributed by atoms with Crippen LogP contribution in [0.15, 0.2) is 29.3 Å². The van der Waals surface area contributed by atoms with Crippen molar-refractivity contribution in [3.05, 3.63) is 41.5 Å². The quantitative estimate of drug-likeness (QED) is 0.645. The lowest BCUT2D eigenvalue weighted by Gasteiger charge is -2.23. The van der Waals surface area contributed by atoms with Gasteiger partial charge in [0.25, 0.3) is 12.3 Å². The second-order valence-corrected chi connectivity index (χ2v) is 9.86. The van der Waals surface area contributed by atoms with Crippen molar-refractivity contribution in [1.29, 1.82) is 0 Å². The monoisotopic (exact) mass is 516 g/mol. The van der Waals surface area contributed by atoms with Crippen molar-refractivity contribution in [2.24, 2.45) is 13.0 Å². The molecule has 1 aromatic heterocycles. The Labute approximate surface area is 199 Å². The first kappa shape index (κ1) is 24.9. The Kier molecular flexibility index (Phi) is 6.68. The Balaban J connectivity index is 1.62. The summed E-state index contributed by atoms with van der Waals surface area (Å²) in [5.74, 6) is -2.59. The molecule has 2 amide bonds. The first-order chi connectivity index (χ1) is 16.5. The number of nitrogens with one attached hydrogen (secondary N) is 2. The molecule has 0 aliphatic carbocycles. The Hall–Kier alpha value is -3.26. The molecule has 14 heteroatoms. The fourth-order valence-corrected chi connectivity index (χ4v) is 5.63. The fraction of sp³-hybridized carbons (Fsp3) is 0.429. The van der Waals surface area contributed by atoms with Gasteiger partial charge in [-0.25, -0.2) is 31.1 Å². The predicted molar refractivity (Wildman–Crippen MR) is 116 cm³/mol. The summed E-state index contributed by atoms with van der Waals surface area (Å²) in [6.07, 6.45) is -2.46. The number of rotatable bonds is 4. The predicted octanol–water partition coefficient (Wildman–Crippen LogP) is 2.48. The SMILES string of the molecule is CCOC(=O)N1C[C@@H]2COc3c(cn(C)c3C(=O)Nc3ccc(F)c(C(F)F)c3)S(=O)(=O)N[C@@H]2C1. The van der Waals surface area contributed by atoms with E-state index in [0.717, 1.165) is 18.2 Å². The van der Waals surface area contributed by atoms with E-state index in [1.165, 1.54) is 22.7 Å². The topological polar surface area (TPSA) is 119 Å². The summed E-state index contributed by atoms with van der Waals surface area (Å²) >= 11 is 0. The molecule has 2 atom stereocenters. The third kappa shape index (κ3) is 4.80. The molecule has 3 heterocycles. The first-order valence-electron chi connectivity index (χ1n) is 10.7. The van der Waals surface area contributed by atoms with E-state index in [-0.39, 0.29) is 48.3 Å². The number of benzene rings is 1. The number of aromatic nitrogens is 1. The lowest BCUT2D eigenvalue weighted by atomic mass is 10.1. The standard InChI is InChI=1S/C21H23F3N4O6S/c1-3-33-21(30)28-7-11-10-34-18-16(35(31,32)26-15(11)8-28)9-27(2)17(18)20(29)25-12-4-5-14(22)13(6-12)19(23)24/h4-6,9,11,15,19,26H,3,7-8,10H2,1-2H3,(H,25,29)/t11-,15-/m1/s1. The number of aryl methyl sites for hydroxylation is 1. The Bertz CT molecular complexity index is 1270. The molecule has 10 nitrogen and oxygen atoms in total. The Morgan fingerprint density at radius 1 is 1.31 bits per heavy atom. The molecule has 1 saturated heterocycles. The van der Waals surface area contributed by atoms with Gasteiger partial charge in [-0.15, -0.1) is 0 Å². The van der Waals surface area contributed by atoms with Gasteiger partial charge in [0, 0.05) is 44.0 Å². The van der Waals surface area contributed by atoms with Gasteiger partial charge in [-0.05, 0) is 25.1 Å². The highest BCUT2D eigenvalue weighted by molar-refractivity contribution is 7.89. The highest BCUT2D eigenvalue weighted by Crippen LogP contribution is 2.35. The maximum absolute atomic E-state index is 13.6. The van der Waals surface area contributed by atoms with Gasteiger partial charge >= 0.3 is 6.09 Å².